The van der Waals surface area contributed by atoms with E-state index in [4.69, 9.17) is 4.74 Å². The van der Waals surface area contributed by atoms with Gasteiger partial charge < -0.3 is 14.5 Å². The summed E-state index contributed by atoms with van der Waals surface area (Å²) in [4.78, 5) is 5.13. The van der Waals surface area contributed by atoms with Crippen LogP contribution in [0.1, 0.15) is 121 Å². The molecular weight excluding hydrogens is 643 g/mol. The zero-order valence-corrected chi connectivity index (χ0v) is 33.7. The highest BCUT2D eigenvalue weighted by Crippen LogP contribution is 2.54. The van der Waals surface area contributed by atoms with Crippen molar-refractivity contribution < 1.29 is 4.74 Å². The Balaban J connectivity index is 1.36. The highest BCUT2D eigenvalue weighted by Gasteiger charge is 2.55. The first-order chi connectivity index (χ1) is 24.9. The summed E-state index contributed by atoms with van der Waals surface area (Å²) in [6.07, 6.45) is 2.20. The lowest BCUT2D eigenvalue weighted by Gasteiger charge is -2.49. The van der Waals surface area contributed by atoms with E-state index in [9.17, 15) is 0 Å². The molecule has 5 aromatic rings. The fraction of sp³-hybridized carbons (Fsp3) is 0.388. The highest BCUT2D eigenvalue weighted by atomic mass is 16.5. The first-order valence-electron chi connectivity index (χ1n) is 19.8. The standard InChI is InChI=1S/C49H55BN2O/c1-30-26-40-44-41(27-30)52(34-22-18-32(19-23-34)47(5,6)7)45-43(35-14-12-13-15-42(35)53-45)50(44)38-28-36-37(49(10,11)25-24-48(36,8)9)29-39(38)51(40)33-20-16-31(17-21-33)46(2,3)4/h12-23,26-29,43,45H,24-25H2,1-11H3. The van der Waals surface area contributed by atoms with Gasteiger partial charge in [-0.15, -0.1) is 0 Å². The summed E-state index contributed by atoms with van der Waals surface area (Å²) in [5, 5.41) is 0. The van der Waals surface area contributed by atoms with Crippen molar-refractivity contribution in [2.45, 2.75) is 123 Å². The first-order valence-corrected chi connectivity index (χ1v) is 19.8. The quantitative estimate of drug-likeness (QED) is 0.171. The minimum Gasteiger partial charge on any atom is -0.470 e. The Morgan fingerprint density at radius 2 is 1.19 bits per heavy atom. The van der Waals surface area contributed by atoms with E-state index in [-0.39, 0.29) is 40.4 Å². The van der Waals surface area contributed by atoms with E-state index in [1.807, 2.05) is 0 Å². The maximum atomic E-state index is 7.14. The van der Waals surface area contributed by atoms with Gasteiger partial charge in [0.05, 0.1) is 0 Å². The van der Waals surface area contributed by atoms with E-state index in [0.717, 1.165) is 5.75 Å². The first kappa shape index (κ1) is 34.3. The molecule has 0 N–H and O–H groups in total. The summed E-state index contributed by atoms with van der Waals surface area (Å²) >= 11 is 0. The summed E-state index contributed by atoms with van der Waals surface area (Å²) in [5.74, 6) is 1.12. The third-order valence-electron chi connectivity index (χ3n) is 13.1. The average Bonchev–Trinajstić information content (AvgIpc) is 3.48. The largest absolute Gasteiger partial charge is 0.470 e. The number of benzene rings is 5. The number of rotatable bonds is 2. The number of nitrogens with zero attached hydrogens (tertiary/aromatic N) is 2. The Morgan fingerprint density at radius 3 is 1.79 bits per heavy atom. The van der Waals surface area contributed by atoms with Crippen LogP contribution in [0.25, 0.3) is 0 Å². The Kier molecular flexibility index (Phi) is 7.32. The van der Waals surface area contributed by atoms with Crippen molar-refractivity contribution >= 4 is 46.1 Å². The molecule has 0 spiro atoms. The number of fused-ring (bicyclic) bond motifs is 7. The van der Waals surface area contributed by atoms with E-state index in [0.29, 0.717) is 0 Å². The number of aryl methyl sites for hydroxylation is 1. The smallest absolute Gasteiger partial charge is 0.231 e. The molecule has 2 atom stereocenters. The predicted molar refractivity (Wildman–Crippen MR) is 226 cm³/mol. The zero-order chi connectivity index (χ0) is 37.4. The van der Waals surface area contributed by atoms with E-state index in [1.54, 1.807) is 0 Å². The highest BCUT2D eigenvalue weighted by molar-refractivity contribution is 6.91. The van der Waals surface area contributed by atoms with Crippen LogP contribution >= 0.6 is 0 Å². The second kappa shape index (κ2) is 11.3. The van der Waals surface area contributed by atoms with Crippen molar-refractivity contribution in [3.8, 4) is 5.75 Å². The second-order valence-electron chi connectivity index (χ2n) is 19.8. The van der Waals surface area contributed by atoms with Gasteiger partial charge in [-0.25, -0.2) is 0 Å². The van der Waals surface area contributed by atoms with Crippen LogP contribution in [0.3, 0.4) is 0 Å². The van der Waals surface area contributed by atoms with Gasteiger partial charge in [0.25, 0.3) is 0 Å². The van der Waals surface area contributed by atoms with Crippen molar-refractivity contribution in [2.24, 2.45) is 0 Å². The molecule has 0 saturated heterocycles. The van der Waals surface area contributed by atoms with Crippen molar-refractivity contribution in [3.63, 3.8) is 0 Å². The summed E-state index contributed by atoms with van der Waals surface area (Å²) in [6, 6.07) is 37.6. The molecule has 0 radical (unpaired) electrons. The molecule has 4 aliphatic rings. The second-order valence-corrected chi connectivity index (χ2v) is 19.8. The van der Waals surface area contributed by atoms with Gasteiger partial charge in [-0.3, -0.25) is 0 Å². The topological polar surface area (TPSA) is 15.7 Å². The predicted octanol–water partition coefficient (Wildman–Crippen LogP) is 11.5. The van der Waals surface area contributed by atoms with Crippen molar-refractivity contribution in [1.82, 2.24) is 0 Å². The Morgan fingerprint density at radius 1 is 0.642 bits per heavy atom. The molecular formula is C49H55BN2O. The van der Waals surface area contributed by atoms with Gasteiger partial charge >= 0.3 is 0 Å². The maximum Gasteiger partial charge on any atom is 0.231 e. The number of hydrogen-bond donors (Lipinski definition) is 0. The molecule has 4 heteroatoms. The maximum absolute atomic E-state index is 7.14. The monoisotopic (exact) mass is 698 g/mol. The minimum atomic E-state index is -0.175. The van der Waals surface area contributed by atoms with E-state index >= 15 is 0 Å². The van der Waals surface area contributed by atoms with Crippen LogP contribution in [0.5, 0.6) is 5.75 Å². The molecule has 0 amide bonds. The molecule has 9 rings (SSSR count). The van der Waals surface area contributed by atoms with Crippen LogP contribution in [0.15, 0.2) is 97.1 Å². The van der Waals surface area contributed by atoms with E-state index in [2.05, 4.69) is 183 Å². The van der Waals surface area contributed by atoms with Gasteiger partial charge in [0.15, 0.2) is 6.23 Å². The summed E-state index contributed by atoms with van der Waals surface area (Å²) in [5.41, 5.74) is 17.7. The number of anilines is 5. The lowest BCUT2D eigenvalue weighted by Crippen LogP contribution is -2.63. The lowest BCUT2D eigenvalue weighted by atomic mass is 9.29. The van der Waals surface area contributed by atoms with Crippen LogP contribution < -0.4 is 25.5 Å². The molecule has 0 fully saturated rings. The van der Waals surface area contributed by atoms with Gasteiger partial charge in [0.2, 0.25) is 6.71 Å². The fourth-order valence-electron chi connectivity index (χ4n) is 9.89. The molecule has 3 nitrogen and oxygen atoms in total. The molecule has 270 valence electrons. The normalized spacial score (nSPS) is 20.5. The summed E-state index contributed by atoms with van der Waals surface area (Å²) < 4.78 is 7.14. The van der Waals surface area contributed by atoms with Crippen molar-refractivity contribution in [3.05, 3.63) is 130 Å². The average molecular weight is 699 g/mol. The minimum absolute atomic E-state index is 0.0743. The van der Waals surface area contributed by atoms with Crippen LogP contribution in [0.4, 0.5) is 28.4 Å². The third-order valence-corrected chi connectivity index (χ3v) is 13.1. The van der Waals surface area contributed by atoms with E-state index in [1.165, 1.54) is 85.6 Å². The summed E-state index contributed by atoms with van der Waals surface area (Å²) in [6.45, 7) is 26.0. The molecule has 1 aliphatic carbocycles. The number of ether oxygens (including phenoxy) is 1. The van der Waals surface area contributed by atoms with Gasteiger partial charge in [0.1, 0.15) is 5.75 Å². The molecule has 0 saturated carbocycles. The molecule has 53 heavy (non-hydrogen) atoms. The van der Waals surface area contributed by atoms with Crippen LogP contribution in [0, 0.1) is 6.92 Å². The van der Waals surface area contributed by atoms with Gasteiger partial charge in [-0.2, -0.15) is 0 Å². The van der Waals surface area contributed by atoms with Gasteiger partial charge in [-0.1, -0.05) is 118 Å². The molecule has 2 unspecified atom stereocenters. The van der Waals surface area contributed by atoms with Crippen molar-refractivity contribution in [2.75, 3.05) is 9.80 Å². The Bertz CT molecular complexity index is 2270. The lowest BCUT2D eigenvalue weighted by molar-refractivity contribution is 0.232. The van der Waals surface area contributed by atoms with Crippen LogP contribution in [0.2, 0.25) is 0 Å². The van der Waals surface area contributed by atoms with Crippen LogP contribution in [-0.2, 0) is 21.7 Å². The molecule has 5 aromatic carbocycles. The van der Waals surface area contributed by atoms with Crippen LogP contribution in [-0.4, -0.2) is 12.9 Å². The number of hydrogen-bond acceptors (Lipinski definition) is 3. The Labute approximate surface area is 318 Å². The molecule has 3 aliphatic heterocycles. The van der Waals surface area contributed by atoms with E-state index < -0.39 is 0 Å². The fourth-order valence-corrected chi connectivity index (χ4v) is 9.89. The Hall–Kier alpha value is -4.44. The SMILES string of the molecule is Cc1cc2c3c(c1)N(c1ccc(C(C)(C)C)cc1)C1Oc4ccccc4C1B3c1cc3c(cc1N2c1ccc(C(C)(C)C)cc1)C(C)(C)CCC3(C)C. The molecule has 3 heterocycles. The third kappa shape index (κ3) is 5.22. The molecule has 0 aromatic heterocycles. The zero-order valence-electron chi connectivity index (χ0n) is 33.7. The van der Waals surface area contributed by atoms with Gasteiger partial charge in [0, 0.05) is 34.3 Å². The molecule has 0 bridgehead atoms. The summed E-state index contributed by atoms with van der Waals surface area (Å²) in [7, 11) is 0. The van der Waals surface area contributed by atoms with Crippen molar-refractivity contribution in [1.29, 1.82) is 0 Å². The van der Waals surface area contributed by atoms with Gasteiger partial charge in [-0.05, 0) is 134 Å². The number of para-hydroxylation sites is 1.